The fourth-order valence-corrected chi connectivity index (χ4v) is 9.56. The van der Waals surface area contributed by atoms with Crippen molar-refractivity contribution >= 4 is 16.6 Å². The van der Waals surface area contributed by atoms with Crippen molar-refractivity contribution in [1.82, 2.24) is 0 Å². The predicted molar refractivity (Wildman–Crippen MR) is 132 cm³/mol. The topological polar surface area (TPSA) is 27.7 Å². The van der Waals surface area contributed by atoms with Crippen LogP contribution in [-0.2, 0) is 13.6 Å². The molecule has 2 saturated carbocycles. The van der Waals surface area contributed by atoms with Crippen LogP contribution in [0.4, 0.5) is 0 Å². The molecule has 3 aliphatic carbocycles. The van der Waals surface area contributed by atoms with Crippen molar-refractivity contribution in [2.45, 2.75) is 116 Å². The third-order valence-electron chi connectivity index (χ3n) is 7.71. The molecule has 3 aliphatic rings. The van der Waals surface area contributed by atoms with Crippen LogP contribution in [0, 0.1) is 23.2 Å². The highest BCUT2D eigenvalue weighted by Gasteiger charge is 2.53. The van der Waals surface area contributed by atoms with Gasteiger partial charge in [0.25, 0.3) is 0 Å². The highest BCUT2D eigenvalue weighted by atomic mass is 28.4. The summed E-state index contributed by atoms with van der Waals surface area (Å²) in [6.45, 7) is 21.9. The lowest BCUT2D eigenvalue weighted by atomic mass is 9.62. The highest BCUT2D eigenvalue weighted by Crippen LogP contribution is 2.58. The average molecular weight is 453 g/mol. The van der Waals surface area contributed by atoms with E-state index < -0.39 is 16.6 Å². The van der Waals surface area contributed by atoms with E-state index >= 15 is 0 Å². The van der Waals surface area contributed by atoms with Gasteiger partial charge in [0.15, 0.2) is 16.6 Å². The molecule has 0 aromatic rings. The second kappa shape index (κ2) is 8.77. The lowest BCUT2D eigenvalue weighted by Gasteiger charge is -2.48. The molecular weight excluding hydrogens is 404 g/mol. The minimum atomic E-state index is -1.56. The van der Waals surface area contributed by atoms with Gasteiger partial charge in [-0.2, -0.15) is 0 Å². The molecule has 174 valence electrons. The van der Waals surface area contributed by atoms with E-state index in [1.165, 1.54) is 32.1 Å². The fraction of sp³-hybridized carbons (Fsp3) is 0.920. The summed E-state index contributed by atoms with van der Waals surface area (Å²) in [5.41, 5.74) is 0.278. The zero-order valence-corrected chi connectivity index (χ0v) is 23.2. The Kier molecular flexibility index (Phi) is 7.22. The first-order valence-electron chi connectivity index (χ1n) is 12.4. The summed E-state index contributed by atoms with van der Waals surface area (Å²) in [5.74, 6) is 2.10. The molecule has 5 heteroatoms. The number of rotatable bonds is 8. The lowest BCUT2D eigenvalue weighted by molar-refractivity contribution is -0.0392. The average Bonchev–Trinajstić information content (AvgIpc) is 3.10. The summed E-state index contributed by atoms with van der Waals surface area (Å²) < 4.78 is 19.5. The second-order valence-electron chi connectivity index (χ2n) is 12.9. The quantitative estimate of drug-likeness (QED) is 0.293. The van der Waals surface area contributed by atoms with Crippen LogP contribution in [0.5, 0.6) is 0 Å². The van der Waals surface area contributed by atoms with Gasteiger partial charge in [-0.3, -0.25) is 0 Å². The van der Waals surface area contributed by atoms with Crippen molar-refractivity contribution in [1.29, 1.82) is 0 Å². The molecule has 0 radical (unpaired) electrons. The summed E-state index contributed by atoms with van der Waals surface area (Å²) in [4.78, 5) is 0. The standard InChI is InChI=1S/C25H48O3Si2/c1-19(18-26-20-14-16-24(2,17-20)28-30(7,8)9)21-12-13-22-23(27-29(4,5)6)11-10-15-25(21,22)3/h14,16,19-23H,10-13,15,17-18H2,1-9H3/t19-,20-,21+,22?,23?,24-,25+/m0/s1. The summed E-state index contributed by atoms with van der Waals surface area (Å²) >= 11 is 0. The van der Waals surface area contributed by atoms with Crippen LogP contribution in [0.1, 0.15) is 59.3 Å². The summed E-state index contributed by atoms with van der Waals surface area (Å²) in [6.07, 6.45) is 12.8. The molecule has 0 aromatic carbocycles. The molecule has 0 spiro atoms. The molecule has 0 saturated heterocycles. The molecule has 0 aromatic heterocycles. The van der Waals surface area contributed by atoms with E-state index in [2.05, 4.69) is 72.2 Å². The Bertz CT molecular complexity index is 623. The van der Waals surface area contributed by atoms with Crippen molar-refractivity contribution < 1.29 is 13.6 Å². The Morgan fingerprint density at radius 2 is 1.70 bits per heavy atom. The SMILES string of the molecule is C[C@@H](CO[C@H]1C=C[C@](C)(O[Si](C)(C)C)C1)[C@H]1CCC2C(O[Si](C)(C)C)CCC[C@@]21C. The monoisotopic (exact) mass is 452 g/mol. The Morgan fingerprint density at radius 1 is 1.00 bits per heavy atom. The third-order valence-corrected chi connectivity index (χ3v) is 9.80. The summed E-state index contributed by atoms with van der Waals surface area (Å²) in [7, 11) is -3.05. The molecule has 3 nitrogen and oxygen atoms in total. The van der Waals surface area contributed by atoms with Crippen molar-refractivity contribution in [2.75, 3.05) is 6.61 Å². The predicted octanol–water partition coefficient (Wildman–Crippen LogP) is 7.01. The molecule has 0 N–H and O–H groups in total. The van der Waals surface area contributed by atoms with Crippen LogP contribution in [0.3, 0.4) is 0 Å². The molecule has 2 unspecified atom stereocenters. The number of hydrogen-bond donors (Lipinski definition) is 0. The van der Waals surface area contributed by atoms with E-state index in [-0.39, 0.29) is 11.7 Å². The molecule has 0 heterocycles. The first-order chi connectivity index (χ1) is 13.7. The van der Waals surface area contributed by atoms with E-state index in [9.17, 15) is 0 Å². The number of hydrogen-bond acceptors (Lipinski definition) is 3. The fourth-order valence-electron chi connectivity index (χ4n) is 6.82. The van der Waals surface area contributed by atoms with E-state index in [0.29, 0.717) is 17.4 Å². The van der Waals surface area contributed by atoms with Gasteiger partial charge in [-0.25, -0.2) is 0 Å². The summed E-state index contributed by atoms with van der Waals surface area (Å²) in [5, 5.41) is 0. The van der Waals surface area contributed by atoms with Crippen molar-refractivity contribution in [2.24, 2.45) is 23.2 Å². The maximum Gasteiger partial charge on any atom is 0.184 e. The maximum atomic E-state index is 6.68. The van der Waals surface area contributed by atoms with Gasteiger partial charge in [0.2, 0.25) is 0 Å². The Hall–Kier alpha value is 0.0538. The molecule has 3 rings (SSSR count). The molecule has 7 atom stereocenters. The molecule has 2 fully saturated rings. The lowest BCUT2D eigenvalue weighted by Crippen LogP contribution is -2.46. The minimum absolute atomic E-state index is 0.145. The van der Waals surface area contributed by atoms with Gasteiger partial charge in [-0.05, 0) is 95.1 Å². The van der Waals surface area contributed by atoms with Gasteiger partial charge < -0.3 is 13.6 Å². The number of fused-ring (bicyclic) bond motifs is 1. The van der Waals surface area contributed by atoms with E-state index in [1.807, 2.05) is 0 Å². The zero-order chi connectivity index (χ0) is 22.4. The van der Waals surface area contributed by atoms with E-state index in [4.69, 9.17) is 13.6 Å². The van der Waals surface area contributed by atoms with Crippen LogP contribution in [-0.4, -0.2) is 41.1 Å². The summed E-state index contributed by atoms with van der Waals surface area (Å²) in [6, 6.07) is 0. The Morgan fingerprint density at radius 3 is 2.33 bits per heavy atom. The van der Waals surface area contributed by atoms with Gasteiger partial charge in [0.05, 0.1) is 18.3 Å². The van der Waals surface area contributed by atoms with Gasteiger partial charge in [-0.1, -0.05) is 32.4 Å². The molecular formula is C25H48O3Si2. The normalized spacial score (nSPS) is 40.6. The van der Waals surface area contributed by atoms with Gasteiger partial charge >= 0.3 is 0 Å². The van der Waals surface area contributed by atoms with Crippen LogP contribution in [0.15, 0.2) is 12.2 Å². The van der Waals surface area contributed by atoms with Gasteiger partial charge in [0.1, 0.15) is 0 Å². The van der Waals surface area contributed by atoms with Gasteiger partial charge in [0, 0.05) is 12.5 Å². The smallest absolute Gasteiger partial charge is 0.184 e. The molecule has 30 heavy (non-hydrogen) atoms. The van der Waals surface area contributed by atoms with Crippen molar-refractivity contribution in [3.8, 4) is 0 Å². The van der Waals surface area contributed by atoms with Crippen LogP contribution in [0.25, 0.3) is 0 Å². The molecule has 0 aliphatic heterocycles. The number of ether oxygens (including phenoxy) is 1. The van der Waals surface area contributed by atoms with Crippen LogP contribution >= 0.6 is 0 Å². The first kappa shape index (κ1) is 24.7. The second-order valence-corrected chi connectivity index (χ2v) is 21.8. The van der Waals surface area contributed by atoms with Crippen molar-refractivity contribution in [3.63, 3.8) is 0 Å². The molecule has 0 bridgehead atoms. The zero-order valence-electron chi connectivity index (χ0n) is 21.2. The van der Waals surface area contributed by atoms with Gasteiger partial charge in [-0.15, -0.1) is 0 Å². The van der Waals surface area contributed by atoms with E-state index in [1.54, 1.807) is 0 Å². The van der Waals surface area contributed by atoms with Crippen LogP contribution in [0.2, 0.25) is 39.3 Å². The highest BCUT2D eigenvalue weighted by molar-refractivity contribution is 6.70. The van der Waals surface area contributed by atoms with Crippen molar-refractivity contribution in [3.05, 3.63) is 12.2 Å². The Balaban J connectivity index is 1.55. The maximum absolute atomic E-state index is 6.68. The third kappa shape index (κ3) is 5.89. The van der Waals surface area contributed by atoms with E-state index in [0.717, 1.165) is 24.9 Å². The minimum Gasteiger partial charge on any atom is -0.414 e. The Labute approximate surface area is 188 Å². The van der Waals surface area contributed by atoms with Crippen LogP contribution < -0.4 is 0 Å². The largest absolute Gasteiger partial charge is 0.414 e. The first-order valence-corrected chi connectivity index (χ1v) is 19.2. The molecule has 0 amide bonds.